The highest BCUT2D eigenvalue weighted by atomic mass is 16.5. The molecule has 124 valence electrons. The smallest absolute Gasteiger partial charge is 0.320 e. The molecule has 0 unspecified atom stereocenters. The highest BCUT2D eigenvalue weighted by molar-refractivity contribution is 5.83. The van der Waals surface area contributed by atoms with Crippen molar-refractivity contribution in [3.63, 3.8) is 0 Å². The number of nitrogen functional groups attached to an aromatic ring is 1. The molecule has 0 radical (unpaired) electrons. The number of fused-ring (bicyclic) bond motifs is 3. The summed E-state index contributed by atoms with van der Waals surface area (Å²) in [5.41, 5.74) is 9.21. The van der Waals surface area contributed by atoms with Crippen molar-refractivity contribution in [1.29, 1.82) is 0 Å². The summed E-state index contributed by atoms with van der Waals surface area (Å²) in [6.07, 6.45) is 4.16. The van der Waals surface area contributed by atoms with E-state index >= 15 is 0 Å². The fourth-order valence-electron chi connectivity index (χ4n) is 3.04. The molecule has 2 aromatic heterocycles. The van der Waals surface area contributed by atoms with Crippen LogP contribution < -0.4 is 10.5 Å². The monoisotopic (exact) mass is 325 g/mol. The van der Waals surface area contributed by atoms with Gasteiger partial charge in [-0.25, -0.2) is 0 Å². The summed E-state index contributed by atoms with van der Waals surface area (Å²) in [6, 6.07) is 8.48. The third kappa shape index (κ3) is 2.73. The molecule has 1 aliphatic rings. The molecule has 0 saturated heterocycles. The lowest BCUT2D eigenvalue weighted by molar-refractivity contribution is 0.283. The van der Waals surface area contributed by atoms with Crippen LogP contribution in [0.1, 0.15) is 30.4 Å². The number of anilines is 1. The van der Waals surface area contributed by atoms with Crippen molar-refractivity contribution >= 4 is 17.0 Å². The zero-order valence-corrected chi connectivity index (χ0v) is 13.3. The summed E-state index contributed by atoms with van der Waals surface area (Å²) in [7, 11) is 0. The Hall–Kier alpha value is -2.83. The molecule has 3 aromatic rings. The van der Waals surface area contributed by atoms with Gasteiger partial charge in [0.05, 0.1) is 13.2 Å². The molecule has 3 heterocycles. The summed E-state index contributed by atoms with van der Waals surface area (Å²) >= 11 is 0. The van der Waals surface area contributed by atoms with Gasteiger partial charge in [0.25, 0.3) is 6.01 Å². The Morgan fingerprint density at radius 1 is 1.08 bits per heavy atom. The number of aromatic hydroxyl groups is 1. The van der Waals surface area contributed by atoms with Gasteiger partial charge in [-0.3, -0.25) is 4.57 Å². The first-order chi connectivity index (χ1) is 11.7. The second-order valence-corrected chi connectivity index (χ2v) is 6.04. The predicted octanol–water partition coefficient (Wildman–Crippen LogP) is 2.27. The van der Waals surface area contributed by atoms with Crippen LogP contribution in [-0.2, 0) is 13.0 Å². The highest BCUT2D eigenvalue weighted by Gasteiger charge is 2.17. The van der Waals surface area contributed by atoms with Gasteiger partial charge in [0, 0.05) is 0 Å². The first-order valence-electron chi connectivity index (χ1n) is 8.14. The molecular weight excluding hydrogens is 306 g/mol. The lowest BCUT2D eigenvalue weighted by Crippen LogP contribution is -2.07. The number of hydrogen-bond donors (Lipinski definition) is 2. The van der Waals surface area contributed by atoms with Gasteiger partial charge in [0.2, 0.25) is 0 Å². The summed E-state index contributed by atoms with van der Waals surface area (Å²) in [6.45, 7) is 1.01. The molecule has 7 nitrogen and oxygen atoms in total. The number of nitrogens with two attached hydrogens (primary N) is 1. The number of aryl methyl sites for hydroxylation is 1. The number of rotatable bonds is 0. The lowest BCUT2D eigenvalue weighted by Gasteiger charge is -2.10. The van der Waals surface area contributed by atoms with Gasteiger partial charge < -0.3 is 15.6 Å². The van der Waals surface area contributed by atoms with E-state index in [2.05, 4.69) is 27.1 Å². The zero-order chi connectivity index (χ0) is 16.5. The third-order valence-electron chi connectivity index (χ3n) is 4.25. The minimum absolute atomic E-state index is 0.124. The molecule has 7 heteroatoms. The van der Waals surface area contributed by atoms with Crippen LogP contribution in [0.5, 0.6) is 12.0 Å². The minimum Gasteiger partial charge on any atom is -0.480 e. The standard InChI is InChI=1S/C17H19N5O2/c18-14-13-15-21-16(20-14)24-8-3-1-2-5-11-6-4-7-12(9-11)10-22(15)17(23)19-13/h4,6-7,9H,1-3,5,8,10H2,(H,19,23)(H2,18,20,21). The molecule has 0 atom stereocenters. The van der Waals surface area contributed by atoms with E-state index in [1.807, 2.05) is 12.1 Å². The molecule has 0 spiro atoms. The van der Waals surface area contributed by atoms with E-state index in [1.165, 1.54) is 5.56 Å². The maximum atomic E-state index is 10.2. The van der Waals surface area contributed by atoms with Crippen LogP contribution in [0.2, 0.25) is 0 Å². The highest BCUT2D eigenvalue weighted by Crippen LogP contribution is 2.26. The van der Waals surface area contributed by atoms with Gasteiger partial charge in [-0.15, -0.1) is 0 Å². The van der Waals surface area contributed by atoms with Crippen LogP contribution in [0.4, 0.5) is 5.82 Å². The quantitative estimate of drug-likeness (QED) is 0.658. The molecule has 3 N–H and O–H groups in total. The number of nitrogens with zero attached hydrogens (tertiary/aromatic N) is 4. The number of aromatic nitrogens is 4. The number of imidazole rings is 1. The molecule has 4 bridgehead atoms. The fourth-order valence-corrected chi connectivity index (χ4v) is 3.04. The number of benzene rings is 1. The van der Waals surface area contributed by atoms with Crippen molar-refractivity contribution in [1.82, 2.24) is 19.5 Å². The van der Waals surface area contributed by atoms with Crippen molar-refractivity contribution in [3.05, 3.63) is 35.4 Å². The summed E-state index contributed by atoms with van der Waals surface area (Å²) in [5, 5.41) is 10.2. The Balaban J connectivity index is 1.84. The summed E-state index contributed by atoms with van der Waals surface area (Å²) < 4.78 is 7.26. The normalized spacial score (nSPS) is 15.2. The Bertz CT molecular complexity index is 890. The van der Waals surface area contributed by atoms with E-state index < -0.39 is 0 Å². The van der Waals surface area contributed by atoms with Crippen LogP contribution >= 0.6 is 0 Å². The van der Waals surface area contributed by atoms with Crippen LogP contribution in [-0.4, -0.2) is 31.2 Å². The lowest BCUT2D eigenvalue weighted by atomic mass is 10.0. The van der Waals surface area contributed by atoms with Crippen LogP contribution in [0, 0.1) is 0 Å². The first kappa shape index (κ1) is 14.7. The molecule has 0 aliphatic carbocycles. The Morgan fingerprint density at radius 2 is 1.96 bits per heavy atom. The maximum Gasteiger partial charge on any atom is 0.320 e. The Labute approximate surface area is 139 Å². The SMILES string of the molecule is Nc1nc2nc3c1nc(O)n3Cc1cccc(c1)CCCCCO2. The van der Waals surface area contributed by atoms with Crippen molar-refractivity contribution in [2.75, 3.05) is 12.3 Å². The topological polar surface area (TPSA) is 99.1 Å². The first-order valence-corrected chi connectivity index (χ1v) is 8.14. The Kier molecular flexibility index (Phi) is 3.68. The molecule has 4 rings (SSSR count). The average molecular weight is 325 g/mol. The van der Waals surface area contributed by atoms with E-state index in [4.69, 9.17) is 10.5 Å². The molecule has 0 amide bonds. The minimum atomic E-state index is -0.124. The summed E-state index contributed by atoms with van der Waals surface area (Å²) in [4.78, 5) is 12.6. The second kappa shape index (κ2) is 5.99. The molecular formula is C17H19N5O2. The van der Waals surface area contributed by atoms with E-state index in [0.717, 1.165) is 31.2 Å². The largest absolute Gasteiger partial charge is 0.480 e. The van der Waals surface area contributed by atoms with Crippen LogP contribution in [0.15, 0.2) is 24.3 Å². The van der Waals surface area contributed by atoms with Gasteiger partial charge >= 0.3 is 6.01 Å². The Morgan fingerprint density at radius 3 is 2.88 bits per heavy atom. The van der Waals surface area contributed by atoms with Crippen LogP contribution in [0.25, 0.3) is 11.2 Å². The fraction of sp³-hybridized carbons (Fsp3) is 0.353. The van der Waals surface area contributed by atoms with Gasteiger partial charge in [0.1, 0.15) is 0 Å². The van der Waals surface area contributed by atoms with Crippen molar-refractivity contribution in [2.45, 2.75) is 32.2 Å². The number of ether oxygens (including phenoxy) is 1. The predicted molar refractivity (Wildman–Crippen MR) is 90.0 cm³/mol. The summed E-state index contributed by atoms with van der Waals surface area (Å²) in [5.74, 6) is 0.213. The number of hydrogen-bond acceptors (Lipinski definition) is 6. The van der Waals surface area contributed by atoms with E-state index in [1.54, 1.807) is 4.57 Å². The molecule has 1 aliphatic heterocycles. The molecule has 0 fully saturated rings. The maximum absolute atomic E-state index is 10.2. The van der Waals surface area contributed by atoms with Gasteiger partial charge in [-0.05, 0) is 36.8 Å². The van der Waals surface area contributed by atoms with Crippen molar-refractivity contribution in [2.24, 2.45) is 0 Å². The van der Waals surface area contributed by atoms with E-state index in [9.17, 15) is 5.11 Å². The van der Waals surface area contributed by atoms with Crippen molar-refractivity contribution in [3.8, 4) is 12.0 Å². The molecule has 24 heavy (non-hydrogen) atoms. The zero-order valence-electron chi connectivity index (χ0n) is 13.3. The second-order valence-electron chi connectivity index (χ2n) is 6.04. The third-order valence-corrected chi connectivity index (χ3v) is 4.25. The average Bonchev–Trinajstić information content (AvgIpc) is 2.88. The molecule has 1 aromatic carbocycles. The van der Waals surface area contributed by atoms with Crippen molar-refractivity contribution < 1.29 is 9.84 Å². The van der Waals surface area contributed by atoms with E-state index in [0.29, 0.717) is 24.3 Å². The van der Waals surface area contributed by atoms with Gasteiger partial charge in [-0.2, -0.15) is 15.0 Å². The molecule has 0 saturated carbocycles. The van der Waals surface area contributed by atoms with Gasteiger partial charge in [-0.1, -0.05) is 24.3 Å². The van der Waals surface area contributed by atoms with Gasteiger partial charge in [0.15, 0.2) is 17.0 Å². The van der Waals surface area contributed by atoms with E-state index in [-0.39, 0.29) is 17.8 Å². The van der Waals surface area contributed by atoms with Crippen LogP contribution in [0.3, 0.4) is 0 Å².